The molecule has 1 heterocycles. The molecule has 3 nitrogen and oxygen atoms in total. The predicted octanol–water partition coefficient (Wildman–Crippen LogP) is 3.29. The van der Waals surface area contributed by atoms with E-state index in [1.165, 1.54) is 17.7 Å². The van der Waals surface area contributed by atoms with E-state index >= 15 is 0 Å². The van der Waals surface area contributed by atoms with E-state index in [1.54, 1.807) is 6.07 Å². The van der Waals surface area contributed by atoms with Crippen molar-refractivity contribution in [2.75, 3.05) is 20.1 Å². The quantitative estimate of drug-likeness (QED) is 0.795. The van der Waals surface area contributed by atoms with E-state index in [2.05, 4.69) is 22.3 Å². The van der Waals surface area contributed by atoms with E-state index < -0.39 is 17.7 Å². The van der Waals surface area contributed by atoms with Crippen molar-refractivity contribution in [3.63, 3.8) is 0 Å². The molecule has 0 aromatic heterocycles. The van der Waals surface area contributed by atoms with Gasteiger partial charge in [0.05, 0.1) is 6.10 Å². The number of halogens is 2. The van der Waals surface area contributed by atoms with Crippen molar-refractivity contribution in [2.24, 2.45) is 0 Å². The Labute approximate surface area is 153 Å². The van der Waals surface area contributed by atoms with Gasteiger partial charge in [0.25, 0.3) is 0 Å². The van der Waals surface area contributed by atoms with Crippen LogP contribution in [0.2, 0.25) is 0 Å². The molecule has 1 saturated heterocycles. The predicted molar refractivity (Wildman–Crippen MR) is 98.9 cm³/mol. The Morgan fingerprint density at radius 2 is 1.92 bits per heavy atom. The summed E-state index contributed by atoms with van der Waals surface area (Å²) >= 11 is 0. The number of rotatable bonds is 7. The van der Waals surface area contributed by atoms with Crippen LogP contribution in [-0.2, 0) is 6.42 Å². The van der Waals surface area contributed by atoms with Gasteiger partial charge in [-0.1, -0.05) is 36.4 Å². The van der Waals surface area contributed by atoms with Gasteiger partial charge in [-0.3, -0.25) is 4.90 Å². The molecule has 1 aliphatic rings. The van der Waals surface area contributed by atoms with Crippen molar-refractivity contribution in [3.05, 3.63) is 71.3 Å². The number of likely N-dealkylation sites (N-methyl/N-ethyl adjacent to an activating group) is 1. The highest BCUT2D eigenvalue weighted by Gasteiger charge is 2.33. The Balaban J connectivity index is 1.55. The Bertz CT molecular complexity index is 710. The Hall–Kier alpha value is -1.82. The molecule has 3 rings (SSSR count). The van der Waals surface area contributed by atoms with Crippen molar-refractivity contribution in [1.82, 2.24) is 10.2 Å². The molecule has 0 aliphatic carbocycles. The lowest BCUT2D eigenvalue weighted by Gasteiger charge is -2.27. The van der Waals surface area contributed by atoms with E-state index in [4.69, 9.17) is 0 Å². The van der Waals surface area contributed by atoms with E-state index in [9.17, 15) is 13.9 Å². The SMILES string of the molecule is CN1CCC(NCC(O)CCc2ccccc2)C1c1ccc(F)c(F)c1. The monoisotopic (exact) mass is 360 g/mol. The molecule has 1 aliphatic heterocycles. The minimum atomic E-state index is -0.824. The number of hydrogen-bond acceptors (Lipinski definition) is 3. The maximum Gasteiger partial charge on any atom is 0.159 e. The maximum atomic E-state index is 13.6. The highest BCUT2D eigenvalue weighted by Crippen LogP contribution is 2.31. The second-order valence-corrected chi connectivity index (χ2v) is 7.08. The fourth-order valence-corrected chi connectivity index (χ4v) is 3.71. The summed E-state index contributed by atoms with van der Waals surface area (Å²) in [6.07, 6.45) is 1.99. The Morgan fingerprint density at radius 3 is 2.65 bits per heavy atom. The number of aliphatic hydroxyl groups is 1. The lowest BCUT2D eigenvalue weighted by molar-refractivity contribution is 0.153. The smallest absolute Gasteiger partial charge is 0.159 e. The van der Waals surface area contributed by atoms with Crippen molar-refractivity contribution in [3.8, 4) is 0 Å². The normalized spacial score (nSPS) is 21.8. The molecular weight excluding hydrogens is 334 g/mol. The highest BCUT2D eigenvalue weighted by atomic mass is 19.2. The summed E-state index contributed by atoms with van der Waals surface area (Å²) in [4.78, 5) is 2.14. The fraction of sp³-hybridized carbons (Fsp3) is 0.429. The molecule has 1 fully saturated rings. The van der Waals surface area contributed by atoms with Crippen LogP contribution in [0.25, 0.3) is 0 Å². The largest absolute Gasteiger partial charge is 0.392 e. The molecule has 0 radical (unpaired) electrons. The average Bonchev–Trinajstić information content (AvgIpc) is 3.02. The first kappa shape index (κ1) is 19.0. The Kier molecular flexibility index (Phi) is 6.35. The topological polar surface area (TPSA) is 35.5 Å². The van der Waals surface area contributed by atoms with Gasteiger partial charge < -0.3 is 10.4 Å². The van der Waals surface area contributed by atoms with Crippen LogP contribution in [0.1, 0.15) is 30.0 Å². The van der Waals surface area contributed by atoms with Crippen LogP contribution < -0.4 is 5.32 Å². The summed E-state index contributed by atoms with van der Waals surface area (Å²) in [6.45, 7) is 1.37. The first-order chi connectivity index (χ1) is 12.5. The number of aryl methyl sites for hydroxylation is 1. The van der Waals surface area contributed by atoms with Crippen LogP contribution >= 0.6 is 0 Å². The van der Waals surface area contributed by atoms with Gasteiger partial charge in [-0.15, -0.1) is 0 Å². The minimum Gasteiger partial charge on any atom is -0.392 e. The molecule has 26 heavy (non-hydrogen) atoms. The number of benzene rings is 2. The zero-order valence-corrected chi connectivity index (χ0v) is 15.0. The maximum absolute atomic E-state index is 13.6. The van der Waals surface area contributed by atoms with Gasteiger partial charge >= 0.3 is 0 Å². The molecule has 2 aromatic rings. The van der Waals surface area contributed by atoms with E-state index in [1.807, 2.05) is 25.2 Å². The van der Waals surface area contributed by atoms with E-state index in [0.717, 1.165) is 24.9 Å². The number of likely N-dealkylation sites (tertiary alicyclic amines) is 1. The molecule has 2 N–H and O–H groups in total. The molecule has 5 heteroatoms. The van der Waals surface area contributed by atoms with E-state index in [0.29, 0.717) is 13.0 Å². The second-order valence-electron chi connectivity index (χ2n) is 7.08. The van der Waals surface area contributed by atoms with Crippen molar-refractivity contribution in [1.29, 1.82) is 0 Å². The summed E-state index contributed by atoms with van der Waals surface area (Å²) in [5.74, 6) is -1.64. The number of hydrogen-bond donors (Lipinski definition) is 2. The molecule has 3 atom stereocenters. The lowest BCUT2D eigenvalue weighted by atomic mass is 9.99. The van der Waals surface area contributed by atoms with Crippen LogP contribution in [0.5, 0.6) is 0 Å². The number of nitrogens with one attached hydrogen (secondary N) is 1. The summed E-state index contributed by atoms with van der Waals surface area (Å²) in [6, 6.07) is 14.3. The molecule has 0 spiro atoms. The van der Waals surface area contributed by atoms with Crippen LogP contribution in [0.15, 0.2) is 48.5 Å². The highest BCUT2D eigenvalue weighted by molar-refractivity contribution is 5.24. The summed E-state index contributed by atoms with van der Waals surface area (Å²) in [7, 11) is 1.99. The molecule has 140 valence electrons. The van der Waals surface area contributed by atoms with Crippen LogP contribution in [0, 0.1) is 11.6 Å². The minimum absolute atomic E-state index is 0.0218. The van der Waals surface area contributed by atoms with Crippen LogP contribution in [-0.4, -0.2) is 42.3 Å². The van der Waals surface area contributed by atoms with Gasteiger partial charge in [0.15, 0.2) is 11.6 Å². The molecule has 2 aromatic carbocycles. The molecule has 0 bridgehead atoms. The number of aliphatic hydroxyl groups excluding tert-OH is 1. The lowest BCUT2D eigenvalue weighted by Crippen LogP contribution is -2.39. The first-order valence-corrected chi connectivity index (χ1v) is 9.15. The summed E-state index contributed by atoms with van der Waals surface area (Å²) in [5.41, 5.74) is 1.98. The van der Waals surface area contributed by atoms with Gasteiger partial charge in [-0.2, -0.15) is 0 Å². The van der Waals surface area contributed by atoms with Gasteiger partial charge in [-0.05, 0) is 49.6 Å². The molecular formula is C21H26F2N2O. The third-order valence-electron chi connectivity index (χ3n) is 5.16. The van der Waals surface area contributed by atoms with Gasteiger partial charge in [-0.25, -0.2) is 8.78 Å². The summed E-state index contributed by atoms with van der Waals surface area (Å²) in [5, 5.41) is 13.7. The third-order valence-corrected chi connectivity index (χ3v) is 5.16. The fourth-order valence-electron chi connectivity index (χ4n) is 3.71. The second kappa shape index (κ2) is 8.71. The third kappa shape index (κ3) is 4.67. The molecule has 0 saturated carbocycles. The van der Waals surface area contributed by atoms with Gasteiger partial charge in [0.2, 0.25) is 0 Å². The summed E-state index contributed by atoms with van der Waals surface area (Å²) < 4.78 is 26.8. The zero-order valence-electron chi connectivity index (χ0n) is 15.0. The standard InChI is InChI=1S/C21H26F2N2O/c1-25-12-11-20(21(25)16-8-10-18(22)19(23)13-16)24-14-17(26)9-7-15-5-3-2-4-6-15/h2-6,8,10,13,17,20-21,24,26H,7,9,11-12,14H2,1H3. The van der Waals surface area contributed by atoms with Gasteiger partial charge in [0, 0.05) is 25.2 Å². The van der Waals surface area contributed by atoms with E-state index in [-0.39, 0.29) is 12.1 Å². The van der Waals surface area contributed by atoms with Crippen molar-refractivity contribution >= 4 is 0 Å². The average molecular weight is 360 g/mol. The van der Waals surface area contributed by atoms with Crippen molar-refractivity contribution < 1.29 is 13.9 Å². The van der Waals surface area contributed by atoms with Crippen LogP contribution in [0.3, 0.4) is 0 Å². The first-order valence-electron chi connectivity index (χ1n) is 9.15. The molecule has 3 unspecified atom stereocenters. The van der Waals surface area contributed by atoms with Gasteiger partial charge in [0.1, 0.15) is 0 Å². The zero-order chi connectivity index (χ0) is 18.5. The molecule has 0 amide bonds. The number of nitrogens with zero attached hydrogens (tertiary/aromatic N) is 1. The van der Waals surface area contributed by atoms with Crippen molar-refractivity contribution in [2.45, 2.75) is 37.5 Å². The van der Waals surface area contributed by atoms with Crippen LogP contribution in [0.4, 0.5) is 8.78 Å². The Morgan fingerprint density at radius 1 is 1.15 bits per heavy atom.